The van der Waals surface area contributed by atoms with Crippen molar-refractivity contribution >= 4 is 15.9 Å². The molecule has 0 aliphatic rings. The standard InChI is InChI=1S/C6H6BrNO2/c1-8-2-4(7)6(10)5(9)3-8/h2-3,9H,1H3. The molecule has 0 atom stereocenters. The minimum absolute atomic E-state index is 0.239. The van der Waals surface area contributed by atoms with Crippen LogP contribution in [-0.2, 0) is 7.05 Å². The summed E-state index contributed by atoms with van der Waals surface area (Å²) in [7, 11) is 1.73. The average Bonchev–Trinajstić information content (AvgIpc) is 1.82. The monoisotopic (exact) mass is 203 g/mol. The molecule has 0 radical (unpaired) electrons. The van der Waals surface area contributed by atoms with E-state index in [9.17, 15) is 4.79 Å². The summed E-state index contributed by atoms with van der Waals surface area (Å²) in [6.45, 7) is 0. The molecule has 1 aromatic heterocycles. The molecule has 1 rings (SSSR count). The third kappa shape index (κ3) is 1.21. The van der Waals surface area contributed by atoms with Gasteiger partial charge in [-0.1, -0.05) is 0 Å². The number of hydrogen-bond donors (Lipinski definition) is 1. The molecule has 10 heavy (non-hydrogen) atoms. The van der Waals surface area contributed by atoms with Gasteiger partial charge in [0.1, 0.15) is 0 Å². The lowest BCUT2D eigenvalue weighted by molar-refractivity contribution is 0.463. The van der Waals surface area contributed by atoms with Crippen LogP contribution in [0.4, 0.5) is 0 Å². The van der Waals surface area contributed by atoms with Gasteiger partial charge in [-0.25, -0.2) is 0 Å². The average molecular weight is 204 g/mol. The van der Waals surface area contributed by atoms with Gasteiger partial charge in [-0.05, 0) is 15.9 Å². The molecule has 4 heteroatoms. The van der Waals surface area contributed by atoms with Crippen molar-refractivity contribution in [3.05, 3.63) is 27.1 Å². The van der Waals surface area contributed by atoms with Crippen LogP contribution in [0.3, 0.4) is 0 Å². The molecule has 3 nitrogen and oxygen atoms in total. The van der Waals surface area contributed by atoms with Crippen LogP contribution in [0.2, 0.25) is 0 Å². The second-order valence-electron chi connectivity index (χ2n) is 1.99. The van der Waals surface area contributed by atoms with E-state index in [1.165, 1.54) is 6.20 Å². The van der Waals surface area contributed by atoms with E-state index in [2.05, 4.69) is 15.9 Å². The van der Waals surface area contributed by atoms with Gasteiger partial charge in [0.15, 0.2) is 5.75 Å². The highest BCUT2D eigenvalue weighted by Gasteiger charge is 2.00. The van der Waals surface area contributed by atoms with Crippen LogP contribution in [0.15, 0.2) is 21.7 Å². The van der Waals surface area contributed by atoms with Crippen LogP contribution in [-0.4, -0.2) is 9.67 Å². The molecule has 0 bridgehead atoms. The molecular weight excluding hydrogens is 198 g/mol. The first kappa shape index (κ1) is 7.34. The van der Waals surface area contributed by atoms with E-state index in [4.69, 9.17) is 5.11 Å². The van der Waals surface area contributed by atoms with Crippen molar-refractivity contribution in [3.8, 4) is 5.75 Å². The van der Waals surface area contributed by atoms with E-state index in [1.54, 1.807) is 17.8 Å². The van der Waals surface area contributed by atoms with Crippen LogP contribution in [0.25, 0.3) is 0 Å². The molecule has 0 spiro atoms. The molecule has 0 saturated carbocycles. The Kier molecular flexibility index (Phi) is 1.80. The molecule has 54 valence electrons. The second-order valence-corrected chi connectivity index (χ2v) is 2.84. The summed E-state index contributed by atoms with van der Waals surface area (Å²) >= 11 is 3.00. The van der Waals surface area contributed by atoms with Crippen molar-refractivity contribution in [2.45, 2.75) is 0 Å². The van der Waals surface area contributed by atoms with Crippen molar-refractivity contribution in [1.29, 1.82) is 0 Å². The van der Waals surface area contributed by atoms with Gasteiger partial charge >= 0.3 is 0 Å². The number of aryl methyl sites for hydroxylation is 1. The molecule has 0 amide bonds. The van der Waals surface area contributed by atoms with E-state index >= 15 is 0 Å². The topological polar surface area (TPSA) is 42.2 Å². The number of nitrogens with zero attached hydrogens (tertiary/aromatic N) is 1. The Hall–Kier alpha value is -0.770. The van der Waals surface area contributed by atoms with E-state index in [-0.39, 0.29) is 11.2 Å². The summed E-state index contributed by atoms with van der Waals surface area (Å²) in [5.41, 5.74) is -0.377. The minimum Gasteiger partial charge on any atom is -0.503 e. The Morgan fingerprint density at radius 2 is 2.20 bits per heavy atom. The maximum atomic E-state index is 10.8. The maximum absolute atomic E-state index is 10.8. The number of aromatic hydroxyl groups is 1. The number of halogens is 1. The lowest BCUT2D eigenvalue weighted by atomic mass is 10.4. The molecule has 1 N–H and O–H groups in total. The summed E-state index contributed by atoms with van der Waals surface area (Å²) in [6.07, 6.45) is 2.94. The molecule has 0 aromatic carbocycles. The SMILES string of the molecule is Cn1cc(O)c(=O)c(Br)c1. The first-order valence-electron chi connectivity index (χ1n) is 2.66. The molecule has 1 aromatic rings. The van der Waals surface area contributed by atoms with Gasteiger partial charge in [-0.15, -0.1) is 0 Å². The van der Waals surface area contributed by atoms with Crippen molar-refractivity contribution < 1.29 is 5.11 Å². The van der Waals surface area contributed by atoms with E-state index < -0.39 is 0 Å². The van der Waals surface area contributed by atoms with Crippen molar-refractivity contribution in [2.75, 3.05) is 0 Å². The Morgan fingerprint density at radius 3 is 2.70 bits per heavy atom. The lowest BCUT2D eigenvalue weighted by Gasteiger charge is -1.97. The Labute approximate surface area is 66.0 Å². The van der Waals surface area contributed by atoms with Gasteiger partial charge in [0, 0.05) is 19.4 Å². The van der Waals surface area contributed by atoms with Gasteiger partial charge in [0.05, 0.1) is 4.47 Å². The molecule has 0 unspecified atom stereocenters. The van der Waals surface area contributed by atoms with Crippen LogP contribution in [0.5, 0.6) is 5.75 Å². The smallest absolute Gasteiger partial charge is 0.237 e. The highest BCUT2D eigenvalue weighted by atomic mass is 79.9. The highest BCUT2D eigenvalue weighted by molar-refractivity contribution is 9.10. The fourth-order valence-corrected chi connectivity index (χ4v) is 1.17. The van der Waals surface area contributed by atoms with E-state index in [1.807, 2.05) is 0 Å². The normalized spacial score (nSPS) is 9.80. The number of pyridine rings is 1. The van der Waals surface area contributed by atoms with Crippen LogP contribution < -0.4 is 5.43 Å². The Morgan fingerprint density at radius 1 is 1.60 bits per heavy atom. The molecule has 0 aliphatic carbocycles. The fraction of sp³-hybridized carbons (Fsp3) is 0.167. The number of aromatic nitrogens is 1. The van der Waals surface area contributed by atoms with Crippen molar-refractivity contribution in [2.24, 2.45) is 7.05 Å². The Bertz CT molecular complexity index is 279. The number of hydrogen-bond acceptors (Lipinski definition) is 2. The summed E-state index contributed by atoms with van der Waals surface area (Å²) in [5.74, 6) is -0.239. The second kappa shape index (κ2) is 2.46. The molecular formula is C6H6BrNO2. The summed E-state index contributed by atoms with van der Waals surface area (Å²) < 4.78 is 1.97. The molecule has 0 fully saturated rings. The first-order chi connectivity index (χ1) is 4.61. The first-order valence-corrected chi connectivity index (χ1v) is 3.45. The quantitative estimate of drug-likeness (QED) is 0.680. The van der Waals surface area contributed by atoms with Crippen LogP contribution in [0.1, 0.15) is 0 Å². The van der Waals surface area contributed by atoms with Gasteiger partial charge in [-0.2, -0.15) is 0 Å². The van der Waals surface area contributed by atoms with Crippen molar-refractivity contribution in [3.63, 3.8) is 0 Å². The summed E-state index contributed by atoms with van der Waals surface area (Å²) in [5, 5.41) is 8.92. The van der Waals surface area contributed by atoms with Gasteiger partial charge in [0.2, 0.25) is 5.43 Å². The molecule has 1 heterocycles. The third-order valence-electron chi connectivity index (χ3n) is 1.09. The largest absolute Gasteiger partial charge is 0.503 e. The molecule has 0 aliphatic heterocycles. The Balaban J connectivity index is 3.46. The van der Waals surface area contributed by atoms with Gasteiger partial charge < -0.3 is 9.67 Å². The summed E-state index contributed by atoms with van der Waals surface area (Å²) in [4.78, 5) is 10.8. The molecule has 0 saturated heterocycles. The zero-order valence-electron chi connectivity index (χ0n) is 5.34. The highest BCUT2D eigenvalue weighted by Crippen LogP contribution is 2.06. The maximum Gasteiger partial charge on any atom is 0.237 e. The van der Waals surface area contributed by atoms with Gasteiger partial charge in [-0.3, -0.25) is 4.79 Å². The predicted octanol–water partition coefficient (Wildman–Crippen LogP) is 0.853. The predicted molar refractivity (Wildman–Crippen MR) is 41.0 cm³/mol. The third-order valence-corrected chi connectivity index (χ3v) is 1.66. The van der Waals surface area contributed by atoms with Crippen LogP contribution in [0, 0.1) is 0 Å². The summed E-state index contributed by atoms with van der Waals surface area (Å²) in [6, 6.07) is 0. The van der Waals surface area contributed by atoms with Crippen LogP contribution >= 0.6 is 15.9 Å². The lowest BCUT2D eigenvalue weighted by Crippen LogP contribution is -2.04. The zero-order chi connectivity index (χ0) is 7.72. The van der Waals surface area contributed by atoms with Crippen molar-refractivity contribution in [1.82, 2.24) is 4.57 Å². The van der Waals surface area contributed by atoms with E-state index in [0.29, 0.717) is 4.47 Å². The number of rotatable bonds is 0. The fourth-order valence-electron chi connectivity index (χ4n) is 0.649. The van der Waals surface area contributed by atoms with Gasteiger partial charge in [0.25, 0.3) is 0 Å². The van der Waals surface area contributed by atoms with E-state index in [0.717, 1.165) is 0 Å². The minimum atomic E-state index is -0.377. The zero-order valence-corrected chi connectivity index (χ0v) is 6.92.